The number of hydrogen-bond donors (Lipinski definition) is 4. The zero-order valence-electron chi connectivity index (χ0n) is 15.5. The Balaban J connectivity index is 2.17. The summed E-state index contributed by atoms with van der Waals surface area (Å²) in [4.78, 5) is 36.0. The maximum absolute atomic E-state index is 12.7. The zero-order chi connectivity index (χ0) is 21.6. The van der Waals surface area contributed by atoms with Crippen molar-refractivity contribution in [3.05, 3.63) is 62.5 Å². The number of carbonyl (C=O) groups excluding carboxylic acids is 2. The number of carbonyl (C=O) groups is 3. The van der Waals surface area contributed by atoms with Crippen LogP contribution < -0.4 is 10.6 Å². The molecule has 2 amide bonds. The van der Waals surface area contributed by atoms with E-state index in [1.807, 2.05) is 30.3 Å². The van der Waals surface area contributed by atoms with Crippen LogP contribution in [0.25, 0.3) is 0 Å². The maximum atomic E-state index is 12.7. The van der Waals surface area contributed by atoms with Gasteiger partial charge in [0.15, 0.2) is 0 Å². The molecule has 29 heavy (non-hydrogen) atoms. The van der Waals surface area contributed by atoms with E-state index in [1.165, 1.54) is 6.92 Å². The number of halogens is 2. The standard InChI is InChI=1S/C20H20Br2N2O5/c1-11(25)23-16(9-12-5-3-2-4-6-12)19(27)24-17(20(28)29)10-13-7-14(21)18(26)15(22)8-13/h2-8,16-17,26H,9-10H2,1H3,(H,23,25)(H,24,27)(H,28,29)/t16-,17-/m0/s1. The molecule has 0 unspecified atom stereocenters. The number of carboxylic acids is 1. The highest BCUT2D eigenvalue weighted by molar-refractivity contribution is 9.11. The van der Waals surface area contributed by atoms with Gasteiger partial charge in [0, 0.05) is 19.8 Å². The molecule has 2 rings (SSSR count). The molecule has 4 N–H and O–H groups in total. The molecule has 2 atom stereocenters. The van der Waals surface area contributed by atoms with Gasteiger partial charge in [-0.3, -0.25) is 9.59 Å². The molecular formula is C20H20Br2N2O5. The number of hydrogen-bond acceptors (Lipinski definition) is 4. The van der Waals surface area contributed by atoms with Gasteiger partial charge in [0.25, 0.3) is 0 Å². The second-order valence-corrected chi connectivity index (χ2v) is 8.16. The Bertz CT molecular complexity index is 882. The van der Waals surface area contributed by atoms with E-state index >= 15 is 0 Å². The van der Waals surface area contributed by atoms with E-state index in [4.69, 9.17) is 0 Å². The maximum Gasteiger partial charge on any atom is 0.326 e. The molecule has 0 aromatic heterocycles. The fourth-order valence-corrected chi connectivity index (χ4v) is 4.03. The molecule has 0 fully saturated rings. The Hall–Kier alpha value is -2.39. The highest BCUT2D eigenvalue weighted by atomic mass is 79.9. The quantitative estimate of drug-likeness (QED) is 0.421. The molecule has 0 aliphatic heterocycles. The third-order valence-corrected chi connectivity index (χ3v) is 5.32. The Morgan fingerprint density at radius 3 is 2.00 bits per heavy atom. The van der Waals surface area contributed by atoms with Crippen LogP contribution in [0.15, 0.2) is 51.4 Å². The van der Waals surface area contributed by atoms with Gasteiger partial charge in [-0.15, -0.1) is 0 Å². The second kappa shape index (κ2) is 10.4. The van der Waals surface area contributed by atoms with Crippen molar-refractivity contribution >= 4 is 49.6 Å². The fraction of sp³-hybridized carbons (Fsp3) is 0.250. The van der Waals surface area contributed by atoms with Gasteiger partial charge in [-0.1, -0.05) is 30.3 Å². The van der Waals surface area contributed by atoms with Gasteiger partial charge < -0.3 is 20.8 Å². The van der Waals surface area contributed by atoms with Crippen LogP contribution in [-0.4, -0.2) is 40.1 Å². The number of phenols is 1. The van der Waals surface area contributed by atoms with Crippen molar-refractivity contribution in [1.82, 2.24) is 10.6 Å². The molecule has 2 aromatic rings. The zero-order valence-corrected chi connectivity index (χ0v) is 18.7. The van der Waals surface area contributed by atoms with Crippen molar-refractivity contribution in [3.8, 4) is 5.75 Å². The molecule has 9 heteroatoms. The number of amides is 2. The SMILES string of the molecule is CC(=O)N[C@@H](Cc1ccccc1)C(=O)N[C@@H](Cc1cc(Br)c(O)c(Br)c1)C(=O)O. The molecule has 0 radical (unpaired) electrons. The average Bonchev–Trinajstić information content (AvgIpc) is 2.65. The predicted octanol–water partition coefficient (Wildman–Crippen LogP) is 2.78. The number of benzene rings is 2. The summed E-state index contributed by atoms with van der Waals surface area (Å²) >= 11 is 6.40. The Morgan fingerprint density at radius 1 is 0.931 bits per heavy atom. The van der Waals surface area contributed by atoms with Crippen LogP contribution in [0.5, 0.6) is 5.75 Å². The monoisotopic (exact) mass is 526 g/mol. The summed E-state index contributed by atoms with van der Waals surface area (Å²) < 4.78 is 0.801. The van der Waals surface area contributed by atoms with E-state index in [0.29, 0.717) is 14.5 Å². The van der Waals surface area contributed by atoms with Crippen LogP contribution in [0, 0.1) is 0 Å². The summed E-state index contributed by atoms with van der Waals surface area (Å²) in [6, 6.07) is 10.2. The van der Waals surface area contributed by atoms with Crippen LogP contribution >= 0.6 is 31.9 Å². The minimum Gasteiger partial charge on any atom is -0.506 e. The van der Waals surface area contributed by atoms with E-state index < -0.39 is 24.0 Å². The summed E-state index contributed by atoms with van der Waals surface area (Å²) in [6.07, 6.45) is 0.228. The second-order valence-electron chi connectivity index (χ2n) is 6.45. The van der Waals surface area contributed by atoms with E-state index in [1.54, 1.807) is 12.1 Å². The van der Waals surface area contributed by atoms with Gasteiger partial charge in [0.1, 0.15) is 17.8 Å². The van der Waals surface area contributed by atoms with E-state index in [-0.39, 0.29) is 24.5 Å². The lowest BCUT2D eigenvalue weighted by atomic mass is 10.0. The van der Waals surface area contributed by atoms with E-state index in [2.05, 4.69) is 42.5 Å². The van der Waals surface area contributed by atoms with Gasteiger partial charge >= 0.3 is 5.97 Å². The third kappa shape index (κ3) is 6.86. The molecule has 0 saturated heterocycles. The summed E-state index contributed by atoms with van der Waals surface area (Å²) in [5.41, 5.74) is 1.42. The molecule has 0 aliphatic rings. The minimum atomic E-state index is -1.21. The third-order valence-electron chi connectivity index (χ3n) is 4.11. The molecular weight excluding hydrogens is 508 g/mol. The average molecular weight is 528 g/mol. The topological polar surface area (TPSA) is 116 Å². The smallest absolute Gasteiger partial charge is 0.326 e. The summed E-state index contributed by atoms with van der Waals surface area (Å²) in [5, 5.41) is 24.4. The lowest BCUT2D eigenvalue weighted by Gasteiger charge is -2.21. The first-order valence-corrected chi connectivity index (χ1v) is 10.3. The van der Waals surface area contributed by atoms with Crippen molar-refractivity contribution in [3.63, 3.8) is 0 Å². The van der Waals surface area contributed by atoms with Crippen LogP contribution in [0.2, 0.25) is 0 Å². The molecule has 0 aliphatic carbocycles. The first kappa shape index (κ1) is 22.9. The molecule has 0 spiro atoms. The highest BCUT2D eigenvalue weighted by Gasteiger charge is 2.26. The molecule has 0 heterocycles. The van der Waals surface area contributed by atoms with Crippen molar-refractivity contribution in [2.45, 2.75) is 31.8 Å². The fourth-order valence-electron chi connectivity index (χ4n) is 2.75. The first-order valence-electron chi connectivity index (χ1n) is 8.68. The highest BCUT2D eigenvalue weighted by Crippen LogP contribution is 2.33. The van der Waals surface area contributed by atoms with Gasteiger partial charge in [0.2, 0.25) is 11.8 Å². The number of rotatable bonds is 8. The van der Waals surface area contributed by atoms with E-state index in [9.17, 15) is 24.6 Å². The first-order chi connectivity index (χ1) is 13.7. The van der Waals surface area contributed by atoms with Crippen LogP contribution in [0.4, 0.5) is 0 Å². The number of aliphatic carboxylic acids is 1. The summed E-state index contributed by atoms with van der Waals surface area (Å²) in [5.74, 6) is -2.19. The number of aromatic hydroxyl groups is 1. The van der Waals surface area contributed by atoms with Gasteiger partial charge in [0.05, 0.1) is 8.95 Å². The largest absolute Gasteiger partial charge is 0.506 e. The van der Waals surface area contributed by atoms with Crippen LogP contribution in [0.1, 0.15) is 18.1 Å². The van der Waals surface area contributed by atoms with Gasteiger partial charge in [-0.2, -0.15) is 0 Å². The van der Waals surface area contributed by atoms with Crippen molar-refractivity contribution in [2.75, 3.05) is 0 Å². The van der Waals surface area contributed by atoms with Gasteiger partial charge in [-0.05, 0) is 55.1 Å². The van der Waals surface area contributed by atoms with Crippen molar-refractivity contribution in [2.24, 2.45) is 0 Å². The Labute approximate surface area is 184 Å². The molecule has 154 valence electrons. The molecule has 2 aromatic carbocycles. The van der Waals surface area contributed by atoms with Gasteiger partial charge in [-0.25, -0.2) is 4.79 Å². The Morgan fingerprint density at radius 2 is 1.48 bits per heavy atom. The van der Waals surface area contributed by atoms with Crippen LogP contribution in [-0.2, 0) is 27.2 Å². The molecule has 0 saturated carbocycles. The lowest BCUT2D eigenvalue weighted by Crippen LogP contribution is -2.52. The summed E-state index contributed by atoms with van der Waals surface area (Å²) in [7, 11) is 0. The minimum absolute atomic E-state index is 0.00163. The summed E-state index contributed by atoms with van der Waals surface area (Å²) in [6.45, 7) is 1.30. The Kier molecular flexibility index (Phi) is 8.21. The predicted molar refractivity (Wildman–Crippen MR) is 115 cm³/mol. The normalized spacial score (nSPS) is 12.7. The number of phenolic OH excluding ortho intramolecular Hbond substituents is 1. The molecule has 7 nitrogen and oxygen atoms in total. The number of carboxylic acid groups (broad SMARTS) is 1. The van der Waals surface area contributed by atoms with Crippen molar-refractivity contribution in [1.29, 1.82) is 0 Å². The van der Waals surface area contributed by atoms with Crippen LogP contribution in [0.3, 0.4) is 0 Å². The number of nitrogens with one attached hydrogen (secondary N) is 2. The van der Waals surface area contributed by atoms with Crippen molar-refractivity contribution < 1.29 is 24.6 Å². The van der Waals surface area contributed by atoms with E-state index in [0.717, 1.165) is 5.56 Å². The lowest BCUT2D eigenvalue weighted by molar-refractivity contribution is -0.142. The molecule has 0 bridgehead atoms.